The summed E-state index contributed by atoms with van der Waals surface area (Å²) in [5.41, 5.74) is 6.58. The molecule has 13 nitrogen and oxygen atoms in total. The number of sulfonamides is 2. The van der Waals surface area contributed by atoms with E-state index in [1.807, 2.05) is 6.07 Å². The molecule has 0 radical (unpaired) electrons. The molecule has 7 N–H and O–H groups in total. The van der Waals surface area contributed by atoms with Crippen molar-refractivity contribution in [2.45, 2.75) is 22.3 Å². The molecule has 1 saturated heterocycles. The third kappa shape index (κ3) is 4.29. The fraction of sp³-hybridized carbons (Fsp3) is 0.222. The lowest BCUT2D eigenvalue weighted by molar-refractivity contribution is 0.555. The average Bonchev–Trinajstić information content (AvgIpc) is 3.46. The minimum absolute atomic E-state index is 0.0656. The van der Waals surface area contributed by atoms with Crippen molar-refractivity contribution in [3.8, 4) is 28.6 Å². The van der Waals surface area contributed by atoms with E-state index in [-0.39, 0.29) is 33.8 Å². The molecule has 172 valence electrons. The monoisotopic (exact) mass is 489 g/mol. The van der Waals surface area contributed by atoms with Crippen molar-refractivity contribution in [2.24, 2.45) is 5.14 Å². The Morgan fingerprint density at radius 2 is 1.94 bits per heavy atom. The summed E-state index contributed by atoms with van der Waals surface area (Å²) in [5.74, 6) is -0.213. The van der Waals surface area contributed by atoms with Crippen LogP contribution >= 0.6 is 0 Å². The first-order valence-corrected chi connectivity index (χ1v) is 12.6. The van der Waals surface area contributed by atoms with Crippen LogP contribution < -0.4 is 20.9 Å². The van der Waals surface area contributed by atoms with Crippen LogP contribution in [-0.2, 0) is 20.0 Å². The van der Waals surface area contributed by atoms with Gasteiger partial charge >= 0.3 is 0 Å². The minimum Gasteiger partial charge on any atom is -0.397 e. The number of tetrazole rings is 1. The van der Waals surface area contributed by atoms with E-state index in [9.17, 15) is 22.1 Å². The van der Waals surface area contributed by atoms with E-state index < -0.39 is 35.9 Å². The fourth-order valence-electron chi connectivity index (χ4n) is 3.71. The van der Waals surface area contributed by atoms with Gasteiger partial charge in [0.05, 0.1) is 16.8 Å². The minimum atomic E-state index is -4.63. The zero-order chi connectivity index (χ0) is 23.8. The van der Waals surface area contributed by atoms with Crippen molar-refractivity contribution in [3.63, 3.8) is 0 Å². The number of hydrogen-bond donors (Lipinski definition) is 5. The van der Waals surface area contributed by atoms with E-state index in [1.165, 1.54) is 12.1 Å². The smallest absolute Gasteiger partial charge is 0.242 e. The molecule has 1 fully saturated rings. The Kier molecular flexibility index (Phi) is 5.86. The van der Waals surface area contributed by atoms with Crippen LogP contribution in [-0.4, -0.2) is 56.6 Å². The first kappa shape index (κ1) is 22.8. The van der Waals surface area contributed by atoms with Gasteiger partial charge in [0.1, 0.15) is 15.9 Å². The average molecular weight is 490 g/mol. The summed E-state index contributed by atoms with van der Waals surface area (Å²) < 4.78 is 54.4. The number of H-pyrrole nitrogens is 1. The van der Waals surface area contributed by atoms with Gasteiger partial charge in [-0.2, -0.15) is 10.5 Å². The summed E-state index contributed by atoms with van der Waals surface area (Å²) in [6.07, 6.45) is 0.539. The summed E-state index contributed by atoms with van der Waals surface area (Å²) in [4.78, 5) is -1.27. The summed E-state index contributed by atoms with van der Waals surface area (Å²) in [6, 6.07) is 8.63. The first-order valence-electron chi connectivity index (χ1n) is 9.59. The van der Waals surface area contributed by atoms with Gasteiger partial charge < -0.3 is 11.1 Å². The van der Waals surface area contributed by atoms with Crippen molar-refractivity contribution in [1.82, 2.24) is 30.7 Å². The number of rotatable bonds is 6. The number of primary sulfonamides is 1. The van der Waals surface area contributed by atoms with Crippen LogP contribution in [0.15, 0.2) is 40.1 Å². The molecular formula is C18H19N9O4S2. The molecule has 1 aromatic heterocycles. The Hall–Kier alpha value is -3.42. The van der Waals surface area contributed by atoms with Crippen molar-refractivity contribution >= 4 is 25.7 Å². The number of aromatic nitrogens is 4. The zero-order valence-electron chi connectivity index (χ0n) is 17.0. The molecule has 0 saturated carbocycles. The van der Waals surface area contributed by atoms with Crippen molar-refractivity contribution in [2.75, 3.05) is 18.8 Å². The number of nitrogens with zero attached hydrogens (tertiary/aromatic N) is 4. The summed E-state index contributed by atoms with van der Waals surface area (Å²) in [7, 11) is -8.94. The molecule has 0 bridgehead atoms. The summed E-state index contributed by atoms with van der Waals surface area (Å²) >= 11 is 0. The van der Waals surface area contributed by atoms with Crippen molar-refractivity contribution < 1.29 is 16.8 Å². The zero-order valence-corrected chi connectivity index (χ0v) is 18.6. The van der Waals surface area contributed by atoms with E-state index in [2.05, 4.69) is 30.7 Å². The van der Waals surface area contributed by atoms with Crippen molar-refractivity contribution in [1.29, 1.82) is 5.26 Å². The SMILES string of the molecule is N#Cc1cccc(-c2ccc(S(=O)(=O)NC3CCNC3)c(S(N)(=O)=O)c2-c2nn[nH]n2)c1N. The number of hydrogen-bond acceptors (Lipinski definition) is 10. The Bertz CT molecular complexity index is 1460. The van der Waals surface area contributed by atoms with E-state index in [0.29, 0.717) is 19.5 Å². The molecule has 15 heteroatoms. The van der Waals surface area contributed by atoms with Crippen LogP contribution in [0.4, 0.5) is 5.69 Å². The molecule has 2 heterocycles. The highest BCUT2D eigenvalue weighted by molar-refractivity contribution is 7.92. The molecular weight excluding hydrogens is 470 g/mol. The maximum Gasteiger partial charge on any atom is 0.242 e. The van der Waals surface area contributed by atoms with E-state index in [1.54, 1.807) is 12.1 Å². The predicted molar refractivity (Wildman–Crippen MR) is 117 cm³/mol. The van der Waals surface area contributed by atoms with Gasteiger partial charge in [-0.15, -0.1) is 10.2 Å². The van der Waals surface area contributed by atoms with E-state index in [0.717, 1.165) is 6.07 Å². The molecule has 1 unspecified atom stereocenters. The second-order valence-electron chi connectivity index (χ2n) is 7.29. The van der Waals surface area contributed by atoms with Crippen LogP contribution in [0.1, 0.15) is 12.0 Å². The second kappa shape index (κ2) is 8.50. The summed E-state index contributed by atoms with van der Waals surface area (Å²) in [5, 5.41) is 31.2. The highest BCUT2D eigenvalue weighted by atomic mass is 32.2. The standard InChI is InChI=1S/C18H19N9O4S2/c19-8-10-2-1-3-13(16(10)20)12-4-5-14(33(30,31)25-11-6-7-22-9-11)17(32(21,28)29)15(12)18-23-26-27-24-18/h1-5,11,22,25H,6-7,9,20H2,(H2,21,28,29)(H,23,24,26,27). The molecule has 0 aliphatic carbocycles. The van der Waals surface area contributed by atoms with Gasteiger partial charge in [-0.25, -0.2) is 26.7 Å². The highest BCUT2D eigenvalue weighted by Crippen LogP contribution is 2.41. The van der Waals surface area contributed by atoms with Gasteiger partial charge in [-0.1, -0.05) is 18.2 Å². The Morgan fingerprint density at radius 3 is 2.55 bits per heavy atom. The number of nitrogens with one attached hydrogen (secondary N) is 3. The molecule has 33 heavy (non-hydrogen) atoms. The van der Waals surface area contributed by atoms with Crippen LogP contribution in [0.5, 0.6) is 0 Å². The van der Waals surface area contributed by atoms with E-state index >= 15 is 0 Å². The Morgan fingerprint density at radius 1 is 1.15 bits per heavy atom. The lowest BCUT2D eigenvalue weighted by Gasteiger charge is -2.19. The molecule has 1 atom stereocenters. The quantitative estimate of drug-likeness (QED) is 0.273. The largest absolute Gasteiger partial charge is 0.397 e. The highest BCUT2D eigenvalue weighted by Gasteiger charge is 2.34. The lowest BCUT2D eigenvalue weighted by atomic mass is 9.96. The Balaban J connectivity index is 2.05. The van der Waals surface area contributed by atoms with E-state index in [4.69, 9.17) is 10.9 Å². The maximum atomic E-state index is 13.2. The number of aromatic amines is 1. The van der Waals surface area contributed by atoms with Crippen LogP contribution in [0.3, 0.4) is 0 Å². The molecule has 0 amide bonds. The topological polar surface area (TPSA) is 223 Å². The number of nitrogens with two attached hydrogens (primary N) is 2. The lowest BCUT2D eigenvalue weighted by Crippen LogP contribution is -2.37. The van der Waals surface area contributed by atoms with Gasteiger partial charge in [0, 0.05) is 18.2 Å². The van der Waals surface area contributed by atoms with Crippen LogP contribution in [0.2, 0.25) is 0 Å². The predicted octanol–water partition coefficient (Wildman–Crippen LogP) is -0.725. The van der Waals surface area contributed by atoms with Gasteiger partial charge in [0.15, 0.2) is 0 Å². The first-order chi connectivity index (χ1) is 15.6. The maximum absolute atomic E-state index is 13.2. The molecule has 1 aliphatic heterocycles. The fourth-order valence-corrected chi connectivity index (χ4v) is 6.58. The van der Waals surface area contributed by atoms with Crippen molar-refractivity contribution in [3.05, 3.63) is 35.9 Å². The molecule has 2 aromatic carbocycles. The number of anilines is 1. The molecule has 4 rings (SSSR count). The third-order valence-corrected chi connectivity index (χ3v) is 7.85. The van der Waals surface area contributed by atoms with Gasteiger partial charge in [-0.3, -0.25) is 0 Å². The number of nitrogen functional groups attached to an aromatic ring is 1. The number of para-hydroxylation sites is 1. The van der Waals surface area contributed by atoms with Crippen LogP contribution in [0, 0.1) is 11.3 Å². The number of nitriles is 1. The molecule has 0 spiro atoms. The van der Waals surface area contributed by atoms with Crippen LogP contribution in [0.25, 0.3) is 22.5 Å². The molecule has 3 aromatic rings. The van der Waals surface area contributed by atoms with Gasteiger partial charge in [-0.05, 0) is 35.9 Å². The number of benzene rings is 2. The van der Waals surface area contributed by atoms with Gasteiger partial charge in [0.2, 0.25) is 25.9 Å². The summed E-state index contributed by atoms with van der Waals surface area (Å²) in [6.45, 7) is 1.02. The third-order valence-electron chi connectivity index (χ3n) is 5.16. The Labute approximate surface area is 189 Å². The normalized spacial score (nSPS) is 16.5. The second-order valence-corrected chi connectivity index (χ2v) is 10.5. The molecule has 1 aliphatic rings. The van der Waals surface area contributed by atoms with Gasteiger partial charge in [0.25, 0.3) is 0 Å².